The van der Waals surface area contributed by atoms with Gasteiger partial charge in [-0.15, -0.1) is 0 Å². The second-order valence-electron chi connectivity index (χ2n) is 9.06. The number of halogens is 2. The first-order chi connectivity index (χ1) is 21.2. The summed E-state index contributed by atoms with van der Waals surface area (Å²) in [6.07, 6.45) is 4.25. The molecule has 4 rings (SSSR count). The molecule has 13 nitrogen and oxygen atoms in total. The summed E-state index contributed by atoms with van der Waals surface area (Å²) in [4.78, 5) is 56.5. The highest BCUT2D eigenvalue weighted by molar-refractivity contribution is 6.34. The second kappa shape index (κ2) is 14.8. The van der Waals surface area contributed by atoms with Gasteiger partial charge in [-0.2, -0.15) is 0 Å². The summed E-state index contributed by atoms with van der Waals surface area (Å²) in [5, 5.41) is 6.43. The lowest BCUT2D eigenvalue weighted by atomic mass is 10.0. The van der Waals surface area contributed by atoms with E-state index in [0.717, 1.165) is 0 Å². The van der Waals surface area contributed by atoms with Crippen LogP contribution in [0.2, 0.25) is 10.0 Å². The van der Waals surface area contributed by atoms with Crippen molar-refractivity contribution in [3.8, 4) is 5.75 Å². The van der Waals surface area contributed by atoms with Gasteiger partial charge in [0.05, 0.1) is 35.5 Å². The van der Waals surface area contributed by atoms with Crippen molar-refractivity contribution in [1.29, 1.82) is 0 Å². The molecular weight excluding hydrogens is 611 g/mol. The molecule has 0 saturated heterocycles. The fourth-order valence-electron chi connectivity index (χ4n) is 4.18. The van der Waals surface area contributed by atoms with Crippen molar-refractivity contribution in [2.75, 3.05) is 19.5 Å². The van der Waals surface area contributed by atoms with Gasteiger partial charge in [0.15, 0.2) is 0 Å². The molecule has 1 aromatic carbocycles. The Morgan fingerprint density at radius 2 is 1.86 bits per heavy atom. The Balaban J connectivity index is 1.71. The van der Waals surface area contributed by atoms with Gasteiger partial charge in [0.1, 0.15) is 23.3 Å². The first-order valence-corrected chi connectivity index (χ1v) is 13.6. The molecule has 3 aromatic heterocycles. The van der Waals surface area contributed by atoms with Gasteiger partial charge in [0.2, 0.25) is 0 Å². The predicted molar refractivity (Wildman–Crippen MR) is 162 cm³/mol. The van der Waals surface area contributed by atoms with Crippen molar-refractivity contribution in [3.05, 3.63) is 116 Å². The maximum atomic E-state index is 14.0. The smallest absolute Gasteiger partial charge is 0.329 e. The number of hydrogen-bond acceptors (Lipinski definition) is 9. The van der Waals surface area contributed by atoms with Crippen LogP contribution in [0.25, 0.3) is 10.4 Å². The number of hydrogen-bond donors (Lipinski definition) is 1. The molecule has 1 N–H and O–H groups in total. The lowest BCUT2D eigenvalue weighted by Gasteiger charge is -2.30. The lowest BCUT2D eigenvalue weighted by Crippen LogP contribution is -2.47. The molecule has 15 heteroatoms. The van der Waals surface area contributed by atoms with Gasteiger partial charge in [-0.05, 0) is 47.5 Å². The van der Waals surface area contributed by atoms with Crippen LogP contribution in [0.3, 0.4) is 0 Å². The van der Waals surface area contributed by atoms with Gasteiger partial charge >= 0.3 is 5.97 Å². The summed E-state index contributed by atoms with van der Waals surface area (Å²) in [6.45, 7) is -0.176. The normalized spacial score (nSPS) is 11.1. The van der Waals surface area contributed by atoms with E-state index in [9.17, 15) is 14.4 Å². The van der Waals surface area contributed by atoms with Crippen LogP contribution in [0.1, 0.15) is 32.1 Å². The maximum absolute atomic E-state index is 14.0. The average molecular weight is 635 g/mol. The fraction of sp³-hybridized carbons (Fsp3) is 0.172. The van der Waals surface area contributed by atoms with E-state index in [1.165, 1.54) is 49.7 Å². The minimum atomic E-state index is -1.18. The largest absolute Gasteiger partial charge is 0.497 e. The Labute approximate surface area is 261 Å². The molecule has 0 saturated carbocycles. The first kappa shape index (κ1) is 31.7. The average Bonchev–Trinajstić information content (AvgIpc) is 3.03. The maximum Gasteiger partial charge on any atom is 0.329 e. The van der Waals surface area contributed by atoms with Crippen LogP contribution >= 0.6 is 23.2 Å². The molecule has 3 heterocycles. The number of ether oxygens (including phenoxy) is 2. The Morgan fingerprint density at radius 3 is 2.55 bits per heavy atom. The number of esters is 1. The zero-order valence-electron chi connectivity index (χ0n) is 23.3. The van der Waals surface area contributed by atoms with E-state index in [0.29, 0.717) is 17.0 Å². The molecule has 4 aromatic rings. The number of amides is 2. The Bertz CT molecular complexity index is 1730. The molecule has 0 bridgehead atoms. The fourth-order valence-corrected chi connectivity index (χ4v) is 4.62. The standard InChI is InChI=1S/C29H24Cl2N8O5/c1-43-20-8-10-34-25(14-20)36-27(40)21-7-6-17(11-22(21)31)16-39(24(29(42)44-2)13-19-5-3-4-9-33-19)28(41)26-23(37-38-32)12-18(30)15-35-26/h3-12,14-15,24H,13,16H2,1-2H3,(H,34,36,40)/t24-/m1/s1. The summed E-state index contributed by atoms with van der Waals surface area (Å²) in [7, 11) is 2.69. The molecule has 0 radical (unpaired) electrons. The van der Waals surface area contributed by atoms with Gasteiger partial charge in [0, 0.05) is 48.2 Å². The number of aromatic nitrogens is 3. The van der Waals surface area contributed by atoms with Crippen molar-refractivity contribution in [2.45, 2.75) is 19.0 Å². The van der Waals surface area contributed by atoms with Crippen molar-refractivity contribution < 1.29 is 23.9 Å². The van der Waals surface area contributed by atoms with Crippen LogP contribution in [-0.2, 0) is 22.5 Å². The van der Waals surface area contributed by atoms with E-state index < -0.39 is 23.8 Å². The summed E-state index contributed by atoms with van der Waals surface area (Å²) >= 11 is 12.5. The van der Waals surface area contributed by atoms with Crippen LogP contribution in [0.15, 0.2) is 78.3 Å². The molecule has 0 aliphatic carbocycles. The Hall–Kier alpha value is -5.23. The minimum Gasteiger partial charge on any atom is -0.497 e. The number of methoxy groups -OCH3 is 2. The van der Waals surface area contributed by atoms with E-state index in [1.807, 2.05) is 0 Å². The number of benzene rings is 1. The summed E-state index contributed by atoms with van der Waals surface area (Å²) in [5.41, 5.74) is 9.81. The predicted octanol–water partition coefficient (Wildman–Crippen LogP) is 5.81. The topological polar surface area (TPSA) is 172 Å². The minimum absolute atomic E-state index is 0.00848. The molecule has 44 heavy (non-hydrogen) atoms. The van der Waals surface area contributed by atoms with E-state index >= 15 is 0 Å². The summed E-state index contributed by atoms with van der Waals surface area (Å²) in [5.74, 6) is -1.24. The number of azide groups is 1. The van der Waals surface area contributed by atoms with Crippen LogP contribution in [0.4, 0.5) is 11.5 Å². The number of carbonyl (C=O) groups excluding carboxylic acids is 3. The molecular formula is C29H24Cl2N8O5. The molecule has 224 valence electrons. The number of pyridine rings is 3. The highest BCUT2D eigenvalue weighted by Crippen LogP contribution is 2.27. The lowest BCUT2D eigenvalue weighted by molar-refractivity contribution is -0.146. The first-order valence-electron chi connectivity index (χ1n) is 12.8. The van der Waals surface area contributed by atoms with Crippen molar-refractivity contribution in [2.24, 2.45) is 5.11 Å². The van der Waals surface area contributed by atoms with Crippen LogP contribution in [-0.4, -0.2) is 57.9 Å². The van der Waals surface area contributed by atoms with E-state index in [-0.39, 0.29) is 45.8 Å². The number of nitrogens with zero attached hydrogens (tertiary/aromatic N) is 7. The third kappa shape index (κ3) is 7.78. The summed E-state index contributed by atoms with van der Waals surface area (Å²) < 4.78 is 10.2. The van der Waals surface area contributed by atoms with Gasteiger partial charge < -0.3 is 19.7 Å². The van der Waals surface area contributed by atoms with E-state index in [4.69, 9.17) is 38.2 Å². The molecule has 0 aliphatic rings. The highest BCUT2D eigenvalue weighted by atomic mass is 35.5. The highest BCUT2D eigenvalue weighted by Gasteiger charge is 2.34. The third-order valence-corrected chi connectivity index (χ3v) is 6.79. The number of nitrogens with one attached hydrogen (secondary N) is 1. The van der Waals surface area contributed by atoms with Gasteiger partial charge in [-0.3, -0.25) is 14.6 Å². The zero-order chi connectivity index (χ0) is 31.6. The van der Waals surface area contributed by atoms with E-state index in [1.54, 1.807) is 42.6 Å². The summed E-state index contributed by atoms with van der Waals surface area (Å²) in [6, 6.07) is 13.0. The SMILES string of the molecule is COC(=O)[C@@H](Cc1ccccn1)N(Cc1ccc(C(=O)Nc2cc(OC)ccn2)c(Cl)c1)C(=O)c1ncc(Cl)cc1N=[N+]=[N-]. The van der Waals surface area contributed by atoms with Gasteiger partial charge in [-0.25, -0.2) is 14.8 Å². The molecule has 0 spiro atoms. The monoisotopic (exact) mass is 634 g/mol. The molecule has 0 aliphatic heterocycles. The van der Waals surface area contributed by atoms with Crippen LogP contribution < -0.4 is 10.1 Å². The Kier molecular flexibility index (Phi) is 10.7. The number of rotatable bonds is 11. The zero-order valence-corrected chi connectivity index (χ0v) is 24.9. The molecule has 1 atom stereocenters. The van der Waals surface area contributed by atoms with Gasteiger partial charge in [-0.1, -0.05) is 40.4 Å². The van der Waals surface area contributed by atoms with Crippen molar-refractivity contribution in [1.82, 2.24) is 19.9 Å². The van der Waals surface area contributed by atoms with Crippen LogP contribution in [0.5, 0.6) is 5.75 Å². The number of carbonyl (C=O) groups is 3. The number of anilines is 1. The third-order valence-electron chi connectivity index (χ3n) is 6.27. The molecule has 0 fully saturated rings. The van der Waals surface area contributed by atoms with Crippen molar-refractivity contribution in [3.63, 3.8) is 0 Å². The molecule has 0 unspecified atom stereocenters. The quantitative estimate of drug-likeness (QED) is 0.0931. The van der Waals surface area contributed by atoms with Gasteiger partial charge in [0.25, 0.3) is 11.8 Å². The molecule has 2 amide bonds. The second-order valence-corrected chi connectivity index (χ2v) is 9.90. The van der Waals surface area contributed by atoms with E-state index in [2.05, 4.69) is 30.3 Å². The van der Waals surface area contributed by atoms with Crippen molar-refractivity contribution >= 4 is 52.5 Å². The Morgan fingerprint density at radius 1 is 1.05 bits per heavy atom. The van der Waals surface area contributed by atoms with Crippen LogP contribution in [0, 0.1) is 0 Å².